The Morgan fingerprint density at radius 1 is 1.59 bits per heavy atom. The van der Waals surface area contributed by atoms with Crippen molar-refractivity contribution in [2.75, 3.05) is 13.7 Å². The second kappa shape index (κ2) is 5.36. The molecule has 0 aliphatic carbocycles. The third-order valence-electron chi connectivity index (χ3n) is 2.67. The van der Waals surface area contributed by atoms with Gasteiger partial charge in [0.05, 0.1) is 25.6 Å². The second-order valence-corrected chi connectivity index (χ2v) is 3.81. The minimum Gasteiger partial charge on any atom is -0.469 e. The molecule has 0 aromatic heterocycles. The first kappa shape index (κ1) is 13.1. The van der Waals surface area contributed by atoms with Gasteiger partial charge in [0.15, 0.2) is 0 Å². The van der Waals surface area contributed by atoms with Crippen LogP contribution in [0.4, 0.5) is 0 Å². The van der Waals surface area contributed by atoms with Crippen molar-refractivity contribution < 1.29 is 28.6 Å². The van der Waals surface area contributed by atoms with Crippen LogP contribution in [0.25, 0.3) is 5.53 Å². The van der Waals surface area contributed by atoms with E-state index < -0.39 is 23.1 Å². The first-order valence-electron chi connectivity index (χ1n) is 4.98. The number of rotatable bonds is 5. The molecule has 92 valence electrons. The summed E-state index contributed by atoms with van der Waals surface area (Å²) in [5.41, 5.74) is 7.04. The lowest BCUT2D eigenvalue weighted by atomic mass is 9.78. The van der Waals surface area contributed by atoms with Crippen molar-refractivity contribution in [3.05, 3.63) is 5.53 Å². The quantitative estimate of drug-likeness (QED) is 0.285. The second-order valence-electron chi connectivity index (χ2n) is 3.81. The number of esters is 2. The van der Waals surface area contributed by atoms with Crippen LogP contribution in [-0.2, 0) is 23.9 Å². The number of carbonyl (C=O) groups excluding carboxylic acids is 3. The summed E-state index contributed by atoms with van der Waals surface area (Å²) >= 11 is 0. The van der Waals surface area contributed by atoms with Crippen molar-refractivity contribution in [2.45, 2.75) is 19.3 Å². The summed E-state index contributed by atoms with van der Waals surface area (Å²) < 4.78 is 9.27. The van der Waals surface area contributed by atoms with E-state index in [0.717, 1.165) is 0 Å². The van der Waals surface area contributed by atoms with Crippen molar-refractivity contribution >= 4 is 23.9 Å². The minimum absolute atomic E-state index is 0.166. The maximum absolute atomic E-state index is 11.6. The molecule has 0 radical (unpaired) electrons. The third-order valence-corrected chi connectivity index (χ3v) is 2.67. The lowest BCUT2D eigenvalue weighted by Gasteiger charge is -2.20. The van der Waals surface area contributed by atoms with E-state index >= 15 is 0 Å². The van der Waals surface area contributed by atoms with Crippen LogP contribution in [0.15, 0.2) is 0 Å². The minimum atomic E-state index is -1.19. The topological polar surface area (TPSA) is 106 Å². The number of methoxy groups -OCH3 is 1. The van der Waals surface area contributed by atoms with Crippen LogP contribution in [0.2, 0.25) is 0 Å². The molecule has 0 amide bonds. The number of cyclic esters (lactones) is 1. The number of nitrogens with zero attached hydrogens (tertiary/aromatic N) is 2. The molecule has 17 heavy (non-hydrogen) atoms. The average molecular weight is 240 g/mol. The van der Waals surface area contributed by atoms with Gasteiger partial charge < -0.3 is 15.0 Å². The van der Waals surface area contributed by atoms with Gasteiger partial charge in [-0.25, -0.2) is 0 Å². The monoisotopic (exact) mass is 240 g/mol. The number of ketones is 1. The fourth-order valence-electron chi connectivity index (χ4n) is 1.77. The Kier molecular flexibility index (Phi) is 4.12. The summed E-state index contributed by atoms with van der Waals surface area (Å²) in [4.78, 5) is 36.8. The van der Waals surface area contributed by atoms with Crippen LogP contribution in [-0.4, -0.2) is 42.4 Å². The SMILES string of the molecule is COC(=O)CC1(CC(=O)C=[N+]=[N-])CCOC1=O. The Bertz CT molecular complexity index is 400. The van der Waals surface area contributed by atoms with Gasteiger partial charge in [-0.15, -0.1) is 0 Å². The van der Waals surface area contributed by atoms with Crippen LogP contribution in [0, 0.1) is 5.41 Å². The molecule has 1 unspecified atom stereocenters. The van der Waals surface area contributed by atoms with E-state index in [0.29, 0.717) is 6.21 Å². The Hall–Kier alpha value is -2.01. The standard InChI is InChI=1S/C10H12N2O5/c1-16-8(14)5-10(2-3-17-9(10)15)4-7(13)6-12-11/h6H,2-5H2,1H3. The Morgan fingerprint density at radius 3 is 2.76 bits per heavy atom. The zero-order valence-electron chi connectivity index (χ0n) is 9.34. The predicted octanol–water partition coefficient (Wildman–Crippen LogP) is -0.257. The lowest BCUT2D eigenvalue weighted by Crippen LogP contribution is -2.33. The molecular formula is C10H12N2O5. The zero-order chi connectivity index (χ0) is 12.9. The summed E-state index contributed by atoms with van der Waals surface area (Å²) in [6, 6.07) is 0. The molecule has 1 aliphatic heterocycles. The van der Waals surface area contributed by atoms with Crippen molar-refractivity contribution in [2.24, 2.45) is 5.41 Å². The maximum Gasteiger partial charge on any atom is 0.323 e. The van der Waals surface area contributed by atoms with E-state index in [1.165, 1.54) is 7.11 Å². The van der Waals surface area contributed by atoms with Crippen LogP contribution in [0.3, 0.4) is 0 Å². The molecule has 1 rings (SSSR count). The molecule has 0 spiro atoms. The number of hydrogen-bond donors (Lipinski definition) is 0. The first-order chi connectivity index (χ1) is 8.04. The van der Waals surface area contributed by atoms with E-state index in [1.807, 2.05) is 0 Å². The van der Waals surface area contributed by atoms with E-state index in [4.69, 9.17) is 10.3 Å². The molecule has 1 saturated heterocycles. The number of hydrogen-bond acceptors (Lipinski definition) is 5. The molecule has 7 heteroatoms. The Balaban J connectivity index is 2.86. The van der Waals surface area contributed by atoms with Gasteiger partial charge in [-0.3, -0.25) is 14.4 Å². The third kappa shape index (κ3) is 2.98. The highest BCUT2D eigenvalue weighted by Crippen LogP contribution is 2.37. The van der Waals surface area contributed by atoms with Crippen molar-refractivity contribution in [3.63, 3.8) is 0 Å². The van der Waals surface area contributed by atoms with Gasteiger partial charge >= 0.3 is 18.2 Å². The highest BCUT2D eigenvalue weighted by Gasteiger charge is 2.48. The molecule has 0 N–H and O–H groups in total. The smallest absolute Gasteiger partial charge is 0.323 e. The van der Waals surface area contributed by atoms with Crippen LogP contribution in [0.5, 0.6) is 0 Å². The van der Waals surface area contributed by atoms with Gasteiger partial charge in [-0.2, -0.15) is 4.79 Å². The summed E-state index contributed by atoms with van der Waals surface area (Å²) in [5, 5.41) is 0. The van der Waals surface area contributed by atoms with Crippen molar-refractivity contribution in [3.8, 4) is 0 Å². The molecule has 0 saturated carbocycles. The average Bonchev–Trinajstić information content (AvgIpc) is 2.60. The normalized spacial score (nSPS) is 22.5. The summed E-state index contributed by atoms with van der Waals surface area (Å²) in [6.07, 6.45) is 0.523. The lowest BCUT2D eigenvalue weighted by molar-refractivity contribution is -0.154. The maximum atomic E-state index is 11.6. The van der Waals surface area contributed by atoms with E-state index in [2.05, 4.69) is 9.53 Å². The number of Topliss-reactive ketones (excluding diaryl/α,β-unsaturated/α-hetero) is 1. The molecule has 1 heterocycles. The van der Waals surface area contributed by atoms with Crippen LogP contribution < -0.4 is 0 Å². The Labute approximate surface area is 97.3 Å². The van der Waals surface area contributed by atoms with Gasteiger partial charge in [0.25, 0.3) is 0 Å². The van der Waals surface area contributed by atoms with Crippen LogP contribution in [0.1, 0.15) is 19.3 Å². The molecule has 0 aromatic rings. The largest absolute Gasteiger partial charge is 0.469 e. The predicted molar refractivity (Wildman–Crippen MR) is 53.9 cm³/mol. The number of ether oxygens (including phenoxy) is 2. The molecule has 1 atom stereocenters. The number of carbonyl (C=O) groups is 3. The van der Waals surface area contributed by atoms with Crippen LogP contribution >= 0.6 is 0 Å². The molecule has 1 aliphatic rings. The highest BCUT2D eigenvalue weighted by atomic mass is 16.5. The fraction of sp³-hybridized carbons (Fsp3) is 0.600. The summed E-state index contributed by atoms with van der Waals surface area (Å²) in [7, 11) is 1.20. The molecule has 1 fully saturated rings. The fourth-order valence-corrected chi connectivity index (χ4v) is 1.77. The molecule has 7 nitrogen and oxygen atoms in total. The summed E-state index contributed by atoms with van der Waals surface area (Å²) in [6.45, 7) is 0.166. The van der Waals surface area contributed by atoms with E-state index in [1.54, 1.807) is 0 Å². The van der Waals surface area contributed by atoms with Gasteiger partial charge in [0.2, 0.25) is 5.78 Å². The first-order valence-corrected chi connectivity index (χ1v) is 4.98. The van der Waals surface area contributed by atoms with Crippen molar-refractivity contribution in [1.82, 2.24) is 0 Å². The molecule has 0 aromatic carbocycles. The van der Waals surface area contributed by atoms with Gasteiger partial charge in [-0.05, 0) is 6.42 Å². The van der Waals surface area contributed by atoms with Crippen molar-refractivity contribution in [1.29, 1.82) is 0 Å². The highest BCUT2D eigenvalue weighted by molar-refractivity contribution is 6.26. The summed E-state index contributed by atoms with van der Waals surface area (Å²) in [5.74, 6) is -1.73. The van der Waals surface area contributed by atoms with Gasteiger partial charge in [0.1, 0.15) is 0 Å². The molecule has 0 bridgehead atoms. The molecular weight excluding hydrogens is 228 g/mol. The van der Waals surface area contributed by atoms with Gasteiger partial charge in [-0.1, -0.05) is 0 Å². The van der Waals surface area contributed by atoms with E-state index in [-0.39, 0.29) is 25.9 Å². The van der Waals surface area contributed by atoms with E-state index in [9.17, 15) is 14.4 Å². The Morgan fingerprint density at radius 2 is 2.29 bits per heavy atom. The van der Waals surface area contributed by atoms with Gasteiger partial charge in [0, 0.05) is 6.42 Å². The zero-order valence-corrected chi connectivity index (χ0v) is 9.34.